The van der Waals surface area contributed by atoms with Crippen LogP contribution in [0.15, 0.2) is 18.2 Å². The van der Waals surface area contributed by atoms with Crippen LogP contribution in [0.3, 0.4) is 0 Å². The molecule has 20 heavy (non-hydrogen) atoms. The van der Waals surface area contributed by atoms with Crippen molar-refractivity contribution in [3.05, 3.63) is 23.8 Å². The highest BCUT2D eigenvalue weighted by Crippen LogP contribution is 2.28. The molecule has 2 atom stereocenters. The first-order chi connectivity index (χ1) is 9.67. The van der Waals surface area contributed by atoms with Crippen LogP contribution < -0.4 is 14.8 Å². The lowest BCUT2D eigenvalue weighted by Gasteiger charge is -2.28. The highest BCUT2D eigenvalue weighted by atomic mass is 16.5. The van der Waals surface area contributed by atoms with Crippen LogP contribution in [-0.4, -0.2) is 37.4 Å². The van der Waals surface area contributed by atoms with Crippen LogP contribution in [0.25, 0.3) is 0 Å². The van der Waals surface area contributed by atoms with Gasteiger partial charge in [0, 0.05) is 0 Å². The fourth-order valence-corrected chi connectivity index (χ4v) is 2.60. The standard InChI is InChI=1S/C15H21NO4/c1-19-12-8-5-9-13(20-2)14(12)15(18)16-10-6-3-4-7-11(10)17/h5,8-11,17H,3-4,6-7H2,1-2H3,(H,16,18)/t10-,11-/m0/s1. The Morgan fingerprint density at radius 3 is 2.35 bits per heavy atom. The van der Waals surface area contributed by atoms with Crippen LogP contribution in [0, 0.1) is 0 Å². The van der Waals surface area contributed by atoms with Crippen LogP contribution in [0.2, 0.25) is 0 Å². The normalized spacial score (nSPS) is 22.1. The number of ether oxygens (including phenoxy) is 2. The molecule has 110 valence electrons. The van der Waals surface area contributed by atoms with Gasteiger partial charge in [-0.25, -0.2) is 0 Å². The maximum atomic E-state index is 12.4. The van der Waals surface area contributed by atoms with Gasteiger partial charge in [0.05, 0.1) is 26.4 Å². The summed E-state index contributed by atoms with van der Waals surface area (Å²) in [5.41, 5.74) is 0.371. The van der Waals surface area contributed by atoms with Crippen molar-refractivity contribution in [2.75, 3.05) is 14.2 Å². The summed E-state index contributed by atoms with van der Waals surface area (Å²) in [5, 5.41) is 12.8. The summed E-state index contributed by atoms with van der Waals surface area (Å²) < 4.78 is 10.4. The molecule has 1 amide bonds. The number of carbonyl (C=O) groups excluding carboxylic acids is 1. The van der Waals surface area contributed by atoms with Crippen molar-refractivity contribution in [2.45, 2.75) is 37.8 Å². The van der Waals surface area contributed by atoms with Crippen LogP contribution in [0.4, 0.5) is 0 Å². The Morgan fingerprint density at radius 2 is 1.80 bits per heavy atom. The maximum Gasteiger partial charge on any atom is 0.259 e. The van der Waals surface area contributed by atoms with E-state index >= 15 is 0 Å². The second kappa shape index (κ2) is 6.61. The van der Waals surface area contributed by atoms with Gasteiger partial charge in [0.15, 0.2) is 0 Å². The molecule has 1 aromatic rings. The summed E-state index contributed by atoms with van der Waals surface area (Å²) in [4.78, 5) is 12.4. The number of aliphatic hydroxyl groups is 1. The van der Waals surface area contributed by atoms with Crippen molar-refractivity contribution in [2.24, 2.45) is 0 Å². The molecule has 5 nitrogen and oxygen atoms in total. The smallest absolute Gasteiger partial charge is 0.259 e. The molecule has 2 N–H and O–H groups in total. The van der Waals surface area contributed by atoms with Crippen molar-refractivity contribution >= 4 is 5.91 Å². The fraction of sp³-hybridized carbons (Fsp3) is 0.533. The quantitative estimate of drug-likeness (QED) is 0.881. The zero-order chi connectivity index (χ0) is 14.5. The van der Waals surface area contributed by atoms with Gasteiger partial charge in [-0.15, -0.1) is 0 Å². The summed E-state index contributed by atoms with van der Waals surface area (Å²) >= 11 is 0. The Bertz CT molecular complexity index is 453. The number of methoxy groups -OCH3 is 2. The topological polar surface area (TPSA) is 67.8 Å². The monoisotopic (exact) mass is 279 g/mol. The predicted octanol–water partition coefficient (Wildman–Crippen LogP) is 1.74. The first-order valence-corrected chi connectivity index (χ1v) is 6.87. The van der Waals surface area contributed by atoms with E-state index < -0.39 is 6.10 Å². The van der Waals surface area contributed by atoms with Crippen molar-refractivity contribution < 1.29 is 19.4 Å². The van der Waals surface area contributed by atoms with Crippen molar-refractivity contribution in [1.29, 1.82) is 0 Å². The third-order valence-electron chi connectivity index (χ3n) is 3.70. The van der Waals surface area contributed by atoms with Gasteiger partial charge in [0.25, 0.3) is 5.91 Å². The van der Waals surface area contributed by atoms with E-state index in [1.165, 1.54) is 14.2 Å². The average molecular weight is 279 g/mol. The van der Waals surface area contributed by atoms with Gasteiger partial charge in [-0.3, -0.25) is 4.79 Å². The minimum atomic E-state index is -0.478. The number of hydrogen-bond donors (Lipinski definition) is 2. The molecule has 0 saturated heterocycles. The van der Waals surface area contributed by atoms with Gasteiger partial charge >= 0.3 is 0 Å². The molecule has 1 aromatic carbocycles. The van der Waals surface area contributed by atoms with Crippen LogP contribution in [-0.2, 0) is 0 Å². The molecule has 0 unspecified atom stereocenters. The van der Waals surface area contributed by atoms with E-state index in [2.05, 4.69) is 5.32 Å². The van der Waals surface area contributed by atoms with Gasteiger partial charge in [-0.05, 0) is 25.0 Å². The molecule has 1 aliphatic carbocycles. The number of hydrogen-bond acceptors (Lipinski definition) is 4. The average Bonchev–Trinajstić information content (AvgIpc) is 2.48. The highest BCUT2D eigenvalue weighted by molar-refractivity contribution is 5.99. The Labute approximate surface area is 118 Å². The summed E-state index contributed by atoms with van der Waals surface area (Å²) in [5.74, 6) is 0.657. The van der Waals surface area contributed by atoms with Crippen molar-refractivity contribution in [3.63, 3.8) is 0 Å². The number of aliphatic hydroxyl groups excluding tert-OH is 1. The summed E-state index contributed by atoms with van der Waals surface area (Å²) in [6, 6.07) is 5.00. The third-order valence-corrected chi connectivity index (χ3v) is 3.70. The number of benzene rings is 1. The first kappa shape index (κ1) is 14.7. The van der Waals surface area contributed by atoms with Crippen molar-refractivity contribution in [3.8, 4) is 11.5 Å². The van der Waals surface area contributed by atoms with Gasteiger partial charge in [-0.2, -0.15) is 0 Å². The second-order valence-corrected chi connectivity index (χ2v) is 4.97. The predicted molar refractivity (Wildman–Crippen MR) is 75.3 cm³/mol. The molecular weight excluding hydrogens is 258 g/mol. The molecule has 1 saturated carbocycles. The molecule has 0 heterocycles. The van der Waals surface area contributed by atoms with Gasteiger partial charge in [0.2, 0.25) is 0 Å². The van der Waals surface area contributed by atoms with Crippen molar-refractivity contribution in [1.82, 2.24) is 5.32 Å². The Morgan fingerprint density at radius 1 is 1.20 bits per heavy atom. The number of nitrogens with one attached hydrogen (secondary N) is 1. The second-order valence-electron chi connectivity index (χ2n) is 4.97. The highest BCUT2D eigenvalue weighted by Gasteiger charge is 2.27. The molecular formula is C15H21NO4. The third kappa shape index (κ3) is 3.04. The van der Waals surface area contributed by atoms with Gasteiger partial charge < -0.3 is 19.9 Å². The van der Waals surface area contributed by atoms with Crippen LogP contribution in [0.5, 0.6) is 11.5 Å². The number of amides is 1. The zero-order valence-electron chi connectivity index (χ0n) is 11.9. The largest absolute Gasteiger partial charge is 0.496 e. The molecule has 2 rings (SSSR count). The molecule has 0 aliphatic heterocycles. The van der Waals surface area contributed by atoms with Crippen LogP contribution in [0.1, 0.15) is 36.0 Å². The minimum absolute atomic E-state index is 0.203. The van der Waals surface area contributed by atoms with Gasteiger partial charge in [0.1, 0.15) is 17.1 Å². The lowest BCUT2D eigenvalue weighted by atomic mass is 9.92. The molecule has 0 spiro atoms. The van der Waals surface area contributed by atoms with E-state index in [9.17, 15) is 9.90 Å². The molecule has 0 bridgehead atoms. The zero-order valence-corrected chi connectivity index (χ0v) is 11.9. The van der Waals surface area contributed by atoms with E-state index in [0.717, 1.165) is 25.7 Å². The Balaban J connectivity index is 2.20. The molecule has 0 radical (unpaired) electrons. The molecule has 5 heteroatoms. The molecule has 0 aromatic heterocycles. The fourth-order valence-electron chi connectivity index (χ4n) is 2.60. The van der Waals surface area contributed by atoms with E-state index in [4.69, 9.17) is 9.47 Å². The summed E-state index contributed by atoms with van der Waals surface area (Å²) in [6.07, 6.45) is 3.07. The number of rotatable bonds is 4. The number of carbonyl (C=O) groups is 1. The lowest BCUT2D eigenvalue weighted by Crippen LogP contribution is -2.45. The Hall–Kier alpha value is -1.75. The minimum Gasteiger partial charge on any atom is -0.496 e. The van der Waals surface area contributed by atoms with Crippen LogP contribution >= 0.6 is 0 Å². The van der Waals surface area contributed by atoms with E-state index in [1.54, 1.807) is 18.2 Å². The maximum absolute atomic E-state index is 12.4. The summed E-state index contributed by atoms with van der Waals surface area (Å²) in [6.45, 7) is 0. The molecule has 1 fully saturated rings. The SMILES string of the molecule is COc1cccc(OC)c1C(=O)N[C@H]1CCCC[C@@H]1O. The summed E-state index contributed by atoms with van der Waals surface area (Å²) in [7, 11) is 3.03. The van der Waals surface area contributed by atoms with Gasteiger partial charge in [-0.1, -0.05) is 18.9 Å². The van der Waals surface area contributed by atoms with E-state index in [1.807, 2.05) is 0 Å². The molecule has 1 aliphatic rings. The van der Waals surface area contributed by atoms with E-state index in [0.29, 0.717) is 17.1 Å². The Kier molecular flexibility index (Phi) is 4.84. The lowest BCUT2D eigenvalue weighted by molar-refractivity contribution is 0.0713. The van der Waals surface area contributed by atoms with E-state index in [-0.39, 0.29) is 11.9 Å². The first-order valence-electron chi connectivity index (χ1n) is 6.87.